The van der Waals surface area contributed by atoms with Crippen LogP contribution in [0.5, 0.6) is 0 Å². The highest BCUT2D eigenvalue weighted by atomic mass is 19.3. The number of pyridine rings is 1. The number of nitrogens with two attached hydrogens (primary N) is 2. The third kappa shape index (κ3) is 3.27. The molecule has 1 aromatic carbocycles. The molecule has 3 aromatic heterocycles. The molecule has 0 unspecified atom stereocenters. The fourth-order valence-electron chi connectivity index (χ4n) is 6.05. The first-order chi connectivity index (χ1) is 16.6. The number of alkyl halides is 2. The molecule has 3 heterocycles. The normalized spacial score (nSPS) is 28.0. The van der Waals surface area contributed by atoms with E-state index < -0.39 is 23.5 Å². The summed E-state index contributed by atoms with van der Waals surface area (Å²) in [5, 5.41) is 23.3. The monoisotopic (exact) mass is 480 g/mol. The smallest absolute Gasteiger partial charge is 0.274 e. The second-order valence-electron chi connectivity index (χ2n) is 10.0. The summed E-state index contributed by atoms with van der Waals surface area (Å²) in [6.07, 6.45) is 3.58. The average Bonchev–Trinajstić information content (AvgIpc) is 3.30. The Labute approximate surface area is 199 Å². The molecule has 2 aliphatic rings. The van der Waals surface area contributed by atoms with Gasteiger partial charge in [0.2, 0.25) is 0 Å². The minimum Gasteiger partial charge on any atom is -0.390 e. The Morgan fingerprint density at radius 1 is 1.14 bits per heavy atom. The maximum atomic E-state index is 13.8. The maximum absolute atomic E-state index is 13.8. The van der Waals surface area contributed by atoms with Crippen LogP contribution in [0, 0.1) is 11.3 Å². The van der Waals surface area contributed by atoms with Crippen LogP contribution in [-0.4, -0.2) is 41.9 Å². The lowest BCUT2D eigenvalue weighted by Gasteiger charge is -2.24. The van der Waals surface area contributed by atoms with E-state index in [1.165, 1.54) is 12.4 Å². The third-order valence-electron chi connectivity index (χ3n) is 7.98. The van der Waals surface area contributed by atoms with Crippen LogP contribution < -0.4 is 11.5 Å². The van der Waals surface area contributed by atoms with Gasteiger partial charge >= 0.3 is 0 Å². The van der Waals surface area contributed by atoms with E-state index in [1.807, 2.05) is 29.0 Å². The molecule has 0 saturated heterocycles. The van der Waals surface area contributed by atoms with Gasteiger partial charge in [0.1, 0.15) is 29.7 Å². The lowest BCUT2D eigenvalue weighted by molar-refractivity contribution is -0.0191. The number of nitrogens with zero attached hydrogens (tertiary/aromatic N) is 4. The van der Waals surface area contributed by atoms with Crippen molar-refractivity contribution in [2.45, 2.75) is 50.4 Å². The minimum absolute atomic E-state index is 0.0999. The minimum atomic E-state index is -3.07. The van der Waals surface area contributed by atoms with Gasteiger partial charge in [0.25, 0.3) is 5.92 Å². The van der Waals surface area contributed by atoms with E-state index in [2.05, 4.69) is 15.0 Å². The molecule has 4 aromatic rings. The number of aliphatic hydroxyl groups is 2. The maximum Gasteiger partial charge on any atom is 0.274 e. The molecule has 0 amide bonds. The molecular formula is C25H26F2N6O2. The molecule has 5 atom stereocenters. The first kappa shape index (κ1) is 22.1. The number of benzene rings is 1. The number of aromatic nitrogens is 4. The summed E-state index contributed by atoms with van der Waals surface area (Å²) < 4.78 is 29.5. The zero-order valence-electron chi connectivity index (χ0n) is 19.1. The molecule has 6 rings (SSSR count). The zero-order chi connectivity index (χ0) is 24.7. The molecule has 2 fully saturated rings. The summed E-state index contributed by atoms with van der Waals surface area (Å²) in [5.74, 6) is -2.77. The summed E-state index contributed by atoms with van der Waals surface area (Å²) in [4.78, 5) is 12.6. The number of nitrogen functional groups attached to an aromatic ring is 2. The van der Waals surface area contributed by atoms with Gasteiger partial charge in [0.05, 0.1) is 28.6 Å². The Bertz CT molecular complexity index is 1470. The molecule has 182 valence electrons. The standard InChI is InChI=1S/C25H26F2N6O2/c1-24(26,27)15-9-13-3-2-12(8-17(13)32-22(15)29)4-6-25-10-16(25)18(19(34)20(25)35)33-7-5-14-21(28)30-11-31-23(14)33/h2-3,5,7-9,11,16,18-20,34-35H,4,6,10H2,1H3,(H2,29,32)(H2,28,30,31)/t16-,18-,19+,20+,25-/m1/s1. The van der Waals surface area contributed by atoms with Crippen molar-refractivity contribution in [1.82, 2.24) is 19.5 Å². The molecule has 0 radical (unpaired) electrons. The van der Waals surface area contributed by atoms with E-state index in [-0.39, 0.29) is 23.3 Å². The first-order valence-corrected chi connectivity index (χ1v) is 11.6. The van der Waals surface area contributed by atoms with Crippen LogP contribution in [0.1, 0.15) is 36.9 Å². The van der Waals surface area contributed by atoms with Gasteiger partial charge < -0.3 is 26.2 Å². The summed E-state index contributed by atoms with van der Waals surface area (Å²) >= 11 is 0. The highest BCUT2D eigenvalue weighted by Gasteiger charge is 2.70. The molecule has 2 aliphatic carbocycles. The summed E-state index contributed by atoms with van der Waals surface area (Å²) in [6.45, 7) is 0.805. The van der Waals surface area contributed by atoms with E-state index in [0.717, 1.165) is 24.3 Å². The van der Waals surface area contributed by atoms with E-state index in [9.17, 15) is 19.0 Å². The number of hydrogen-bond donors (Lipinski definition) is 4. The van der Waals surface area contributed by atoms with E-state index in [1.54, 1.807) is 6.07 Å². The number of halogens is 2. The second-order valence-corrected chi connectivity index (χ2v) is 10.0. The Morgan fingerprint density at radius 3 is 2.71 bits per heavy atom. The van der Waals surface area contributed by atoms with Crippen LogP contribution in [0.3, 0.4) is 0 Å². The highest BCUT2D eigenvalue weighted by Crippen LogP contribution is 2.69. The third-order valence-corrected chi connectivity index (χ3v) is 7.98. The Morgan fingerprint density at radius 2 is 1.94 bits per heavy atom. The van der Waals surface area contributed by atoms with Crippen LogP contribution >= 0.6 is 0 Å². The van der Waals surface area contributed by atoms with Crippen molar-refractivity contribution >= 4 is 33.6 Å². The second kappa shape index (κ2) is 7.32. The van der Waals surface area contributed by atoms with Crippen molar-refractivity contribution in [3.8, 4) is 0 Å². The molecular weight excluding hydrogens is 454 g/mol. The predicted octanol–water partition coefficient (Wildman–Crippen LogP) is 3.17. The largest absolute Gasteiger partial charge is 0.390 e. The van der Waals surface area contributed by atoms with Gasteiger partial charge in [0, 0.05) is 23.9 Å². The van der Waals surface area contributed by atoms with Gasteiger partial charge in [0.15, 0.2) is 0 Å². The van der Waals surface area contributed by atoms with Crippen LogP contribution in [0.25, 0.3) is 21.9 Å². The number of anilines is 2. The van der Waals surface area contributed by atoms with E-state index in [0.29, 0.717) is 35.2 Å². The molecule has 10 heteroatoms. The van der Waals surface area contributed by atoms with Gasteiger partial charge in [-0.05, 0) is 48.9 Å². The lowest BCUT2D eigenvalue weighted by atomic mass is 9.91. The molecule has 6 N–H and O–H groups in total. The van der Waals surface area contributed by atoms with Crippen molar-refractivity contribution in [1.29, 1.82) is 0 Å². The zero-order valence-corrected chi connectivity index (χ0v) is 19.1. The van der Waals surface area contributed by atoms with Crippen molar-refractivity contribution in [3.05, 3.63) is 54.0 Å². The van der Waals surface area contributed by atoms with Gasteiger partial charge in [-0.1, -0.05) is 12.1 Å². The first-order valence-electron chi connectivity index (χ1n) is 11.6. The van der Waals surface area contributed by atoms with Crippen LogP contribution in [0.4, 0.5) is 20.4 Å². The Hall–Kier alpha value is -3.37. The SMILES string of the molecule is CC(F)(F)c1cc2ccc(CC[C@@]34C[C@@H]3[C@@H](n3ccc5c(N)ncnc53)[C@H](O)[C@@H]4O)cc2nc1N. The van der Waals surface area contributed by atoms with Gasteiger partial charge in [-0.3, -0.25) is 0 Å². The van der Waals surface area contributed by atoms with Crippen molar-refractivity contribution in [2.24, 2.45) is 11.3 Å². The number of aliphatic hydroxyl groups excluding tert-OH is 2. The van der Waals surface area contributed by atoms with Crippen LogP contribution in [0.15, 0.2) is 42.9 Å². The number of rotatable bonds is 5. The fraction of sp³-hybridized carbons (Fsp3) is 0.400. The Kier molecular flexibility index (Phi) is 4.62. The highest BCUT2D eigenvalue weighted by molar-refractivity contribution is 5.86. The van der Waals surface area contributed by atoms with Gasteiger partial charge in [-0.2, -0.15) is 0 Å². The molecule has 8 nitrogen and oxygen atoms in total. The van der Waals surface area contributed by atoms with Gasteiger partial charge in [-0.15, -0.1) is 0 Å². The van der Waals surface area contributed by atoms with Gasteiger partial charge in [-0.25, -0.2) is 23.7 Å². The molecule has 0 aliphatic heterocycles. The summed E-state index contributed by atoms with van der Waals surface area (Å²) in [5.41, 5.74) is 13.3. The fourth-order valence-corrected chi connectivity index (χ4v) is 6.05. The lowest BCUT2D eigenvalue weighted by Crippen LogP contribution is -2.34. The van der Waals surface area contributed by atoms with Crippen molar-refractivity contribution < 1.29 is 19.0 Å². The number of fused-ring (bicyclic) bond motifs is 3. The predicted molar refractivity (Wildman–Crippen MR) is 128 cm³/mol. The Balaban J connectivity index is 1.25. The molecule has 0 bridgehead atoms. The molecule has 0 spiro atoms. The molecule has 2 saturated carbocycles. The van der Waals surface area contributed by atoms with Crippen molar-refractivity contribution in [2.75, 3.05) is 11.5 Å². The number of hydrogen-bond acceptors (Lipinski definition) is 7. The quantitative estimate of drug-likeness (QED) is 0.344. The van der Waals surface area contributed by atoms with E-state index >= 15 is 0 Å². The summed E-state index contributed by atoms with van der Waals surface area (Å²) in [6, 6.07) is 8.43. The number of aryl methyl sites for hydroxylation is 1. The van der Waals surface area contributed by atoms with Crippen molar-refractivity contribution in [3.63, 3.8) is 0 Å². The molecule has 35 heavy (non-hydrogen) atoms. The van der Waals surface area contributed by atoms with E-state index in [4.69, 9.17) is 11.5 Å². The van der Waals surface area contributed by atoms with Crippen LogP contribution in [-0.2, 0) is 12.3 Å². The topological polar surface area (TPSA) is 136 Å². The average molecular weight is 481 g/mol. The summed E-state index contributed by atoms with van der Waals surface area (Å²) in [7, 11) is 0. The van der Waals surface area contributed by atoms with Crippen LogP contribution in [0.2, 0.25) is 0 Å².